The van der Waals surface area contributed by atoms with Gasteiger partial charge in [-0.25, -0.2) is 19.2 Å². The Hall–Kier alpha value is -3.18. The van der Waals surface area contributed by atoms with Gasteiger partial charge in [0.2, 0.25) is 11.8 Å². The second kappa shape index (κ2) is 9.69. The number of halogens is 2. The van der Waals surface area contributed by atoms with Gasteiger partial charge in [0.1, 0.15) is 11.6 Å². The van der Waals surface area contributed by atoms with E-state index >= 15 is 4.39 Å². The summed E-state index contributed by atoms with van der Waals surface area (Å²) in [5.41, 5.74) is 1.68. The van der Waals surface area contributed by atoms with Crippen molar-refractivity contribution in [2.45, 2.75) is 76.2 Å². The van der Waals surface area contributed by atoms with Crippen molar-refractivity contribution in [1.82, 2.24) is 29.2 Å². The topological polar surface area (TPSA) is 104 Å². The summed E-state index contributed by atoms with van der Waals surface area (Å²) in [5, 5.41) is 10.8. The molecule has 1 aliphatic carbocycles. The van der Waals surface area contributed by atoms with E-state index in [4.69, 9.17) is 21.3 Å². The molecule has 12 heteroatoms. The van der Waals surface area contributed by atoms with Crippen LogP contribution in [0.1, 0.15) is 63.7 Å². The minimum atomic E-state index is -0.936. The van der Waals surface area contributed by atoms with Crippen LogP contribution in [-0.2, 0) is 4.79 Å². The molecule has 7 heterocycles. The predicted molar refractivity (Wildman–Crippen MR) is 151 cm³/mol. The molecular formula is C29H34ClFN6O4. The zero-order chi connectivity index (χ0) is 28.7. The highest BCUT2D eigenvalue weighted by Crippen LogP contribution is 2.54. The molecule has 5 fully saturated rings. The first-order chi connectivity index (χ1) is 19.7. The van der Waals surface area contributed by atoms with Gasteiger partial charge in [0, 0.05) is 49.2 Å². The van der Waals surface area contributed by atoms with Gasteiger partial charge in [0.15, 0.2) is 11.0 Å². The van der Waals surface area contributed by atoms with Crippen molar-refractivity contribution in [3.8, 4) is 5.88 Å². The lowest BCUT2D eigenvalue weighted by molar-refractivity contribution is -0.129. The summed E-state index contributed by atoms with van der Waals surface area (Å²) >= 11 is 6.14. The maximum absolute atomic E-state index is 15.6. The predicted octanol–water partition coefficient (Wildman–Crippen LogP) is 4.85. The van der Waals surface area contributed by atoms with Gasteiger partial charge in [-0.05, 0) is 58.7 Å². The number of fused-ring (bicyclic) bond motifs is 4. The van der Waals surface area contributed by atoms with Gasteiger partial charge in [-0.3, -0.25) is 9.69 Å². The van der Waals surface area contributed by atoms with E-state index in [0.29, 0.717) is 35.3 Å². The zero-order valence-corrected chi connectivity index (χ0v) is 24.1. The van der Waals surface area contributed by atoms with Crippen LogP contribution in [0.4, 0.5) is 9.18 Å². The molecule has 10 nitrogen and oxygen atoms in total. The Kier molecular flexibility index (Phi) is 6.31. The van der Waals surface area contributed by atoms with E-state index in [1.165, 1.54) is 4.90 Å². The number of hydrogen-bond donors (Lipinski definition) is 1. The van der Waals surface area contributed by atoms with Crippen LogP contribution < -0.4 is 4.74 Å². The zero-order valence-electron chi connectivity index (χ0n) is 23.4. The molecule has 41 heavy (non-hydrogen) atoms. The van der Waals surface area contributed by atoms with E-state index in [-0.39, 0.29) is 52.8 Å². The quantitative estimate of drug-likeness (QED) is 0.428. The van der Waals surface area contributed by atoms with Crippen LogP contribution in [0.2, 0.25) is 5.15 Å². The normalized spacial score (nSPS) is 28.6. The second-order valence-corrected chi connectivity index (χ2v) is 12.5. The molecule has 0 aromatic carbocycles. The number of carboxylic acid groups (broad SMARTS) is 1. The van der Waals surface area contributed by atoms with Crippen LogP contribution in [0.25, 0.3) is 21.8 Å². The number of likely N-dealkylation sites (N-methyl/N-ethyl adjacent to an activating group) is 1. The molecular weight excluding hydrogens is 551 g/mol. The number of amides is 2. The summed E-state index contributed by atoms with van der Waals surface area (Å²) in [6, 6.07) is 1.68. The van der Waals surface area contributed by atoms with Crippen LogP contribution in [0, 0.1) is 11.7 Å². The highest BCUT2D eigenvalue weighted by Gasteiger charge is 2.56. The summed E-state index contributed by atoms with van der Waals surface area (Å²) in [5.74, 6) is -0.298. The van der Waals surface area contributed by atoms with E-state index in [1.54, 1.807) is 13.1 Å². The first-order valence-electron chi connectivity index (χ1n) is 14.5. The van der Waals surface area contributed by atoms with E-state index in [9.17, 15) is 14.7 Å². The largest absolute Gasteiger partial charge is 0.472 e. The molecule has 2 bridgehead atoms. The number of carbonyl (C=O) groups excluding carboxylic acids is 1. The number of carbonyl (C=O) groups is 2. The summed E-state index contributed by atoms with van der Waals surface area (Å²) in [7, 11) is 2.08. The van der Waals surface area contributed by atoms with Crippen molar-refractivity contribution in [3.63, 3.8) is 0 Å². The molecule has 1 saturated carbocycles. The third-order valence-electron chi connectivity index (χ3n) is 9.93. The van der Waals surface area contributed by atoms with Crippen molar-refractivity contribution < 1.29 is 23.8 Å². The number of aromatic nitrogens is 3. The lowest BCUT2D eigenvalue weighted by atomic mass is 9.79. The Bertz CT molecular complexity index is 1580. The van der Waals surface area contributed by atoms with Gasteiger partial charge < -0.3 is 24.2 Å². The number of rotatable bonds is 5. The molecule has 5 aliphatic rings. The third-order valence-corrected chi connectivity index (χ3v) is 10.2. The average Bonchev–Trinajstić information content (AvgIpc) is 3.73. The molecule has 3 aromatic heterocycles. The van der Waals surface area contributed by atoms with Gasteiger partial charge in [-0.1, -0.05) is 11.6 Å². The Morgan fingerprint density at radius 3 is 2.66 bits per heavy atom. The highest BCUT2D eigenvalue weighted by atomic mass is 35.5. The van der Waals surface area contributed by atoms with Crippen molar-refractivity contribution >= 4 is 45.4 Å². The molecule has 2 amide bonds. The van der Waals surface area contributed by atoms with E-state index < -0.39 is 11.9 Å². The molecule has 0 unspecified atom stereocenters. The van der Waals surface area contributed by atoms with Crippen molar-refractivity contribution in [2.75, 3.05) is 26.7 Å². The van der Waals surface area contributed by atoms with Crippen LogP contribution >= 0.6 is 11.6 Å². The van der Waals surface area contributed by atoms with Crippen LogP contribution in [0.5, 0.6) is 5.88 Å². The van der Waals surface area contributed by atoms with Gasteiger partial charge in [-0.2, -0.15) is 0 Å². The van der Waals surface area contributed by atoms with Crippen molar-refractivity contribution in [2.24, 2.45) is 5.92 Å². The van der Waals surface area contributed by atoms with Gasteiger partial charge in [-0.15, -0.1) is 0 Å². The molecule has 6 atom stereocenters. The standard InChI is InChI=1S/C29H34ClFN6O4/c1-14(19-6-4-8-34(19)3)41-28-17-11-21(20-7-5-9-35(20)15(2)38)37(25-16-10-22(25)36(13-16)29(39)40)26(17)18-12-32-27(30)23(31)24(18)33-28/h11-12,14,16,19-20,22,25H,4-10,13H2,1-3H3,(H,39,40)/t14-,16+,19-,20+,22+,25-/m0/s1. The maximum Gasteiger partial charge on any atom is 0.407 e. The van der Waals surface area contributed by atoms with Crippen LogP contribution in [-0.4, -0.2) is 91.2 Å². The van der Waals surface area contributed by atoms with Crippen molar-refractivity contribution in [1.29, 1.82) is 0 Å². The average molecular weight is 585 g/mol. The Balaban J connectivity index is 1.48. The van der Waals surface area contributed by atoms with Crippen molar-refractivity contribution in [3.05, 3.63) is 28.9 Å². The molecule has 0 spiro atoms. The smallest absolute Gasteiger partial charge is 0.407 e. The fraction of sp³-hybridized carbons (Fsp3) is 0.586. The highest BCUT2D eigenvalue weighted by molar-refractivity contribution is 6.30. The Labute approximate surface area is 242 Å². The summed E-state index contributed by atoms with van der Waals surface area (Å²) in [6.07, 6.45) is 4.90. The van der Waals surface area contributed by atoms with E-state index in [0.717, 1.165) is 44.3 Å². The van der Waals surface area contributed by atoms with Crippen LogP contribution in [0.15, 0.2) is 12.3 Å². The molecule has 0 radical (unpaired) electrons. The van der Waals surface area contributed by atoms with Gasteiger partial charge in [0.05, 0.1) is 29.0 Å². The number of likely N-dealkylation sites (tertiary alicyclic amines) is 2. The number of nitrogens with zero attached hydrogens (tertiary/aromatic N) is 6. The summed E-state index contributed by atoms with van der Waals surface area (Å²) in [4.78, 5) is 39.3. The molecule has 4 aliphatic heterocycles. The molecule has 218 valence electrons. The molecule has 4 saturated heterocycles. The van der Waals surface area contributed by atoms with Crippen LogP contribution in [0.3, 0.4) is 0 Å². The SMILES string of the molecule is CC(=O)N1CCC[C@@H]1c1cc2c(O[C@@H](C)[C@@H]3CCCN3C)nc3c(F)c(Cl)ncc3c2n1[C@H]1[C@@H]2C[C@H]1N(C(=O)O)C2. The first kappa shape index (κ1) is 26.7. The Morgan fingerprint density at radius 2 is 1.98 bits per heavy atom. The lowest BCUT2D eigenvalue weighted by Gasteiger charge is -2.40. The summed E-state index contributed by atoms with van der Waals surface area (Å²) in [6.45, 7) is 5.68. The number of pyridine rings is 2. The summed E-state index contributed by atoms with van der Waals surface area (Å²) < 4.78 is 24.3. The fourth-order valence-corrected chi connectivity index (χ4v) is 8.12. The fourth-order valence-electron chi connectivity index (χ4n) is 7.98. The Morgan fingerprint density at radius 1 is 1.20 bits per heavy atom. The second-order valence-electron chi connectivity index (χ2n) is 12.1. The minimum absolute atomic E-state index is 0.00936. The minimum Gasteiger partial charge on any atom is -0.472 e. The van der Waals surface area contributed by atoms with Gasteiger partial charge >= 0.3 is 6.09 Å². The number of ether oxygens (including phenoxy) is 1. The third kappa shape index (κ3) is 3.99. The maximum atomic E-state index is 15.6. The lowest BCUT2D eigenvalue weighted by Crippen LogP contribution is -2.43. The van der Waals surface area contributed by atoms with E-state index in [2.05, 4.69) is 21.5 Å². The molecule has 8 rings (SSSR count). The van der Waals surface area contributed by atoms with Gasteiger partial charge in [0.25, 0.3) is 0 Å². The molecule has 1 N–H and O–H groups in total. The van der Waals surface area contributed by atoms with E-state index in [1.807, 2.05) is 17.9 Å². The molecule has 3 aromatic rings. The first-order valence-corrected chi connectivity index (χ1v) is 14.9. The number of hydrogen-bond acceptors (Lipinski definition) is 6. The monoisotopic (exact) mass is 584 g/mol.